The van der Waals surface area contributed by atoms with Crippen molar-refractivity contribution in [2.24, 2.45) is 5.92 Å². The van der Waals surface area contributed by atoms with Crippen molar-refractivity contribution in [1.82, 2.24) is 0 Å². The highest BCUT2D eigenvalue weighted by molar-refractivity contribution is 5.33. The highest BCUT2D eigenvalue weighted by Crippen LogP contribution is 2.40. The van der Waals surface area contributed by atoms with E-state index in [1.807, 2.05) is 32.9 Å². The molecule has 122 valence electrons. The van der Waals surface area contributed by atoms with E-state index in [2.05, 4.69) is 6.58 Å². The van der Waals surface area contributed by atoms with Crippen LogP contribution in [-0.2, 0) is 5.41 Å². The van der Waals surface area contributed by atoms with E-state index < -0.39 is 11.6 Å². The number of hydrogen-bond donors (Lipinski definition) is 0. The highest BCUT2D eigenvalue weighted by atomic mass is 19.2. The van der Waals surface area contributed by atoms with Gasteiger partial charge in [-0.2, -0.15) is 0 Å². The Kier molecular flexibility index (Phi) is 5.41. The molecule has 0 saturated heterocycles. The van der Waals surface area contributed by atoms with Crippen molar-refractivity contribution in [2.45, 2.75) is 70.6 Å². The molecule has 0 radical (unpaired) electrons. The number of benzene rings is 1. The Morgan fingerprint density at radius 2 is 1.73 bits per heavy atom. The summed E-state index contributed by atoms with van der Waals surface area (Å²) in [5.41, 5.74) is 0.673. The lowest BCUT2D eigenvalue weighted by Crippen LogP contribution is -2.18. The van der Waals surface area contributed by atoms with E-state index in [4.69, 9.17) is 0 Å². The van der Waals surface area contributed by atoms with Gasteiger partial charge in [-0.25, -0.2) is 8.78 Å². The van der Waals surface area contributed by atoms with Gasteiger partial charge < -0.3 is 0 Å². The van der Waals surface area contributed by atoms with Crippen molar-refractivity contribution in [3.8, 4) is 0 Å². The van der Waals surface area contributed by atoms with E-state index in [-0.39, 0.29) is 11.3 Å². The second kappa shape index (κ2) is 6.93. The summed E-state index contributed by atoms with van der Waals surface area (Å²) >= 11 is 0. The van der Waals surface area contributed by atoms with Crippen LogP contribution < -0.4 is 0 Å². The fourth-order valence-corrected chi connectivity index (χ4v) is 3.57. The molecule has 0 unspecified atom stereocenters. The van der Waals surface area contributed by atoms with Crippen LogP contribution in [0.15, 0.2) is 24.8 Å². The van der Waals surface area contributed by atoms with Crippen LogP contribution in [0.2, 0.25) is 0 Å². The van der Waals surface area contributed by atoms with Gasteiger partial charge in [0.1, 0.15) is 0 Å². The van der Waals surface area contributed by atoms with Gasteiger partial charge in [0.15, 0.2) is 11.6 Å². The minimum atomic E-state index is -0.654. The SMILES string of the molecule is C=CCCC1CCC(c2ccc(C(C)(C)C)c(F)c2F)CC1. The molecule has 1 fully saturated rings. The molecule has 1 aliphatic rings. The Balaban J connectivity index is 2.11. The van der Waals surface area contributed by atoms with E-state index >= 15 is 0 Å². The quantitative estimate of drug-likeness (QED) is 0.557. The first-order chi connectivity index (χ1) is 10.3. The Hall–Kier alpha value is -1.18. The molecular formula is C20H28F2. The molecule has 0 aliphatic heterocycles. The zero-order chi connectivity index (χ0) is 16.3. The molecule has 22 heavy (non-hydrogen) atoms. The zero-order valence-corrected chi connectivity index (χ0v) is 14.1. The summed E-state index contributed by atoms with van der Waals surface area (Å²) in [6.45, 7) is 9.50. The fourth-order valence-electron chi connectivity index (χ4n) is 3.57. The molecule has 2 heteroatoms. The van der Waals surface area contributed by atoms with Crippen LogP contribution in [0.5, 0.6) is 0 Å². The van der Waals surface area contributed by atoms with Crippen LogP contribution in [0, 0.1) is 17.6 Å². The number of allylic oxidation sites excluding steroid dienone is 1. The van der Waals surface area contributed by atoms with Crippen LogP contribution in [0.3, 0.4) is 0 Å². The Morgan fingerprint density at radius 3 is 2.27 bits per heavy atom. The Labute approximate surface area is 133 Å². The minimum Gasteiger partial charge on any atom is -0.203 e. The maximum Gasteiger partial charge on any atom is 0.162 e. The van der Waals surface area contributed by atoms with Gasteiger partial charge in [0.25, 0.3) is 0 Å². The molecule has 2 rings (SSSR count). The fraction of sp³-hybridized carbons (Fsp3) is 0.600. The average Bonchev–Trinajstić information content (AvgIpc) is 2.47. The summed E-state index contributed by atoms with van der Waals surface area (Å²) in [6, 6.07) is 3.59. The minimum absolute atomic E-state index is 0.170. The summed E-state index contributed by atoms with van der Waals surface area (Å²) < 4.78 is 28.9. The molecule has 0 amide bonds. The van der Waals surface area contributed by atoms with Gasteiger partial charge in [-0.15, -0.1) is 6.58 Å². The van der Waals surface area contributed by atoms with E-state index in [1.165, 1.54) is 6.42 Å². The molecule has 0 atom stereocenters. The first-order valence-corrected chi connectivity index (χ1v) is 8.44. The zero-order valence-electron chi connectivity index (χ0n) is 14.1. The van der Waals surface area contributed by atoms with Gasteiger partial charge >= 0.3 is 0 Å². The molecule has 1 aromatic rings. The van der Waals surface area contributed by atoms with Crippen LogP contribution >= 0.6 is 0 Å². The molecular weight excluding hydrogens is 278 g/mol. The van der Waals surface area contributed by atoms with E-state index in [9.17, 15) is 8.78 Å². The van der Waals surface area contributed by atoms with Gasteiger partial charge in [0.05, 0.1) is 0 Å². The Bertz CT molecular complexity index is 517. The molecule has 1 aromatic carbocycles. The van der Waals surface area contributed by atoms with Gasteiger partial charge in [0.2, 0.25) is 0 Å². The van der Waals surface area contributed by atoms with Gasteiger partial charge in [0, 0.05) is 0 Å². The summed E-state index contributed by atoms with van der Waals surface area (Å²) in [5, 5.41) is 0. The highest BCUT2D eigenvalue weighted by Gasteiger charge is 2.28. The second-order valence-electron chi connectivity index (χ2n) is 7.66. The molecule has 0 bridgehead atoms. The number of halogens is 2. The van der Waals surface area contributed by atoms with Crippen LogP contribution in [0.4, 0.5) is 8.78 Å². The van der Waals surface area contributed by atoms with E-state index in [0.29, 0.717) is 11.1 Å². The first kappa shape index (κ1) is 17.2. The van der Waals surface area contributed by atoms with Crippen molar-refractivity contribution in [3.05, 3.63) is 47.5 Å². The average molecular weight is 306 g/mol. The summed E-state index contributed by atoms with van der Waals surface area (Å²) in [4.78, 5) is 0. The normalized spacial score (nSPS) is 22.6. The molecule has 0 spiro atoms. The standard InChI is InChI=1S/C20H28F2/c1-5-6-7-14-8-10-15(11-9-14)16-12-13-17(20(2,3)4)19(22)18(16)21/h5,12-15H,1,6-11H2,2-4H3. The summed E-state index contributed by atoms with van der Waals surface area (Å²) in [5.74, 6) is -0.389. The maximum absolute atomic E-state index is 14.5. The third-order valence-electron chi connectivity index (χ3n) is 4.99. The van der Waals surface area contributed by atoms with Crippen molar-refractivity contribution in [2.75, 3.05) is 0 Å². The molecule has 0 heterocycles. The lowest BCUT2D eigenvalue weighted by atomic mass is 9.76. The lowest BCUT2D eigenvalue weighted by Gasteiger charge is -2.29. The van der Waals surface area contributed by atoms with Gasteiger partial charge in [-0.05, 0) is 66.9 Å². The predicted molar refractivity (Wildman–Crippen MR) is 89.2 cm³/mol. The molecule has 0 aromatic heterocycles. The molecule has 1 aliphatic carbocycles. The van der Waals surface area contributed by atoms with Crippen LogP contribution in [-0.4, -0.2) is 0 Å². The van der Waals surface area contributed by atoms with E-state index in [0.717, 1.165) is 38.0 Å². The smallest absolute Gasteiger partial charge is 0.162 e. The number of hydrogen-bond acceptors (Lipinski definition) is 0. The summed E-state index contributed by atoms with van der Waals surface area (Å²) in [7, 11) is 0. The third-order valence-corrected chi connectivity index (χ3v) is 4.99. The van der Waals surface area contributed by atoms with Crippen molar-refractivity contribution >= 4 is 0 Å². The number of rotatable bonds is 4. The van der Waals surface area contributed by atoms with Gasteiger partial charge in [-0.1, -0.05) is 39.0 Å². The first-order valence-electron chi connectivity index (χ1n) is 8.44. The maximum atomic E-state index is 14.5. The van der Waals surface area contributed by atoms with Crippen LogP contribution in [0.1, 0.15) is 76.3 Å². The summed E-state index contributed by atoms with van der Waals surface area (Å²) in [6.07, 6.45) is 8.35. The monoisotopic (exact) mass is 306 g/mol. The van der Waals surface area contributed by atoms with Gasteiger partial charge in [-0.3, -0.25) is 0 Å². The largest absolute Gasteiger partial charge is 0.203 e. The molecule has 1 saturated carbocycles. The van der Waals surface area contributed by atoms with Crippen molar-refractivity contribution in [1.29, 1.82) is 0 Å². The molecule has 0 nitrogen and oxygen atoms in total. The topological polar surface area (TPSA) is 0 Å². The van der Waals surface area contributed by atoms with Crippen molar-refractivity contribution < 1.29 is 8.78 Å². The molecule has 0 N–H and O–H groups in total. The predicted octanol–water partition coefficient (Wildman–Crippen LogP) is 6.50. The third kappa shape index (κ3) is 3.77. The van der Waals surface area contributed by atoms with Crippen molar-refractivity contribution in [3.63, 3.8) is 0 Å². The van der Waals surface area contributed by atoms with Crippen LogP contribution in [0.25, 0.3) is 0 Å². The second-order valence-corrected chi connectivity index (χ2v) is 7.66. The van der Waals surface area contributed by atoms with E-state index in [1.54, 1.807) is 6.07 Å². The Morgan fingerprint density at radius 1 is 1.09 bits per heavy atom. The lowest BCUT2D eigenvalue weighted by molar-refractivity contribution is 0.305.